The van der Waals surface area contributed by atoms with Gasteiger partial charge in [-0.05, 0) is 60.7 Å². The molecule has 2 rings (SSSR count). The van der Waals surface area contributed by atoms with Gasteiger partial charge >= 0.3 is 0 Å². The molecule has 19 heavy (non-hydrogen) atoms. The molecule has 100 valence electrons. The van der Waals surface area contributed by atoms with Crippen LogP contribution in [0.3, 0.4) is 0 Å². The summed E-state index contributed by atoms with van der Waals surface area (Å²) in [6.07, 6.45) is 0.390. The Bertz CT molecular complexity index is 570. The highest BCUT2D eigenvalue weighted by Gasteiger charge is 2.16. The fraction of sp³-hybridized carbons (Fsp3) is 0.250. The molecular weight excluding hydrogens is 266 g/mol. The average Bonchev–Trinajstić information content (AvgIpc) is 2.30. The Morgan fingerprint density at radius 3 is 2.21 bits per heavy atom. The second kappa shape index (κ2) is 5.70. The van der Waals surface area contributed by atoms with Crippen LogP contribution in [0.25, 0.3) is 0 Å². The molecule has 0 nitrogen and oxygen atoms in total. The van der Waals surface area contributed by atoms with E-state index in [1.54, 1.807) is 18.2 Å². The van der Waals surface area contributed by atoms with Crippen molar-refractivity contribution in [1.82, 2.24) is 0 Å². The molecule has 3 heteroatoms. The Morgan fingerprint density at radius 2 is 1.63 bits per heavy atom. The van der Waals surface area contributed by atoms with E-state index in [1.807, 2.05) is 13.8 Å². The second-order valence-electron chi connectivity index (χ2n) is 4.72. The fourth-order valence-corrected chi connectivity index (χ4v) is 2.89. The summed E-state index contributed by atoms with van der Waals surface area (Å²) >= 11 is 6.39. The zero-order valence-electron chi connectivity index (χ0n) is 10.9. The van der Waals surface area contributed by atoms with Gasteiger partial charge < -0.3 is 0 Å². The maximum atomic E-state index is 13.6. The molecule has 0 fully saturated rings. The fourth-order valence-electron chi connectivity index (χ4n) is 2.37. The van der Waals surface area contributed by atoms with E-state index < -0.39 is 0 Å². The Hall–Kier alpha value is -1.41. The minimum absolute atomic E-state index is 0.259. The van der Waals surface area contributed by atoms with E-state index in [4.69, 9.17) is 11.6 Å². The Kier molecular flexibility index (Phi) is 4.20. The molecule has 0 aliphatic carbocycles. The molecule has 0 aromatic heterocycles. The van der Waals surface area contributed by atoms with Gasteiger partial charge in [0, 0.05) is 0 Å². The Balaban J connectivity index is 2.31. The van der Waals surface area contributed by atoms with Crippen LogP contribution in [0.4, 0.5) is 8.78 Å². The summed E-state index contributed by atoms with van der Waals surface area (Å²) in [7, 11) is 0. The van der Waals surface area contributed by atoms with Gasteiger partial charge in [-0.3, -0.25) is 0 Å². The maximum absolute atomic E-state index is 13.6. The molecule has 1 atom stereocenters. The maximum Gasteiger partial charge on any atom is 0.126 e. The minimum atomic E-state index is -0.363. The van der Waals surface area contributed by atoms with Crippen LogP contribution in [0.1, 0.15) is 27.6 Å². The zero-order valence-corrected chi connectivity index (χ0v) is 11.6. The number of hydrogen-bond acceptors (Lipinski definition) is 0. The SMILES string of the molecule is Cc1cc(F)cc(C)c1C(Cl)Cc1ccccc1F. The smallest absolute Gasteiger partial charge is 0.126 e. The number of aryl methyl sites for hydroxylation is 2. The molecule has 0 aliphatic rings. The van der Waals surface area contributed by atoms with Crippen molar-refractivity contribution >= 4 is 11.6 Å². The molecule has 2 aromatic carbocycles. The van der Waals surface area contributed by atoms with Crippen LogP contribution in [-0.4, -0.2) is 0 Å². The lowest BCUT2D eigenvalue weighted by molar-refractivity contribution is 0.605. The van der Waals surface area contributed by atoms with Crippen molar-refractivity contribution in [2.75, 3.05) is 0 Å². The van der Waals surface area contributed by atoms with Gasteiger partial charge in [0.05, 0.1) is 5.38 Å². The monoisotopic (exact) mass is 280 g/mol. The zero-order chi connectivity index (χ0) is 14.0. The Labute approximate surface area is 117 Å². The number of alkyl halides is 1. The molecule has 0 amide bonds. The Morgan fingerprint density at radius 1 is 1.05 bits per heavy atom. The lowest BCUT2D eigenvalue weighted by Gasteiger charge is -2.16. The molecular formula is C16H15ClF2. The van der Waals surface area contributed by atoms with Crippen LogP contribution < -0.4 is 0 Å². The first-order chi connectivity index (χ1) is 8.99. The molecule has 0 heterocycles. The van der Waals surface area contributed by atoms with E-state index in [2.05, 4.69) is 0 Å². The predicted octanol–water partition coefficient (Wildman–Crippen LogP) is 5.10. The topological polar surface area (TPSA) is 0 Å². The summed E-state index contributed by atoms with van der Waals surface area (Å²) in [5, 5.41) is -0.363. The van der Waals surface area contributed by atoms with Crippen molar-refractivity contribution in [2.24, 2.45) is 0 Å². The van der Waals surface area contributed by atoms with Gasteiger partial charge in [-0.2, -0.15) is 0 Å². The van der Waals surface area contributed by atoms with Gasteiger partial charge in [-0.1, -0.05) is 18.2 Å². The van der Waals surface area contributed by atoms with Crippen LogP contribution in [0.5, 0.6) is 0 Å². The highest BCUT2D eigenvalue weighted by atomic mass is 35.5. The molecule has 1 unspecified atom stereocenters. The largest absolute Gasteiger partial charge is 0.207 e. The van der Waals surface area contributed by atoms with E-state index in [1.165, 1.54) is 18.2 Å². The number of halogens is 3. The summed E-state index contributed by atoms with van der Waals surface area (Å²) < 4.78 is 26.9. The highest BCUT2D eigenvalue weighted by Crippen LogP contribution is 2.31. The van der Waals surface area contributed by atoms with Crippen molar-refractivity contribution in [3.05, 3.63) is 70.3 Å². The van der Waals surface area contributed by atoms with Gasteiger partial charge in [-0.25, -0.2) is 8.78 Å². The summed E-state index contributed by atoms with van der Waals surface area (Å²) in [6, 6.07) is 9.49. The van der Waals surface area contributed by atoms with E-state index >= 15 is 0 Å². The van der Waals surface area contributed by atoms with Crippen molar-refractivity contribution in [2.45, 2.75) is 25.6 Å². The molecule has 0 bridgehead atoms. The van der Waals surface area contributed by atoms with Crippen LogP contribution >= 0.6 is 11.6 Å². The standard InChI is InChI=1S/C16H15ClF2/c1-10-7-13(18)8-11(2)16(10)14(17)9-12-5-3-4-6-15(12)19/h3-8,14H,9H2,1-2H3. The molecule has 0 saturated carbocycles. The minimum Gasteiger partial charge on any atom is -0.207 e. The first-order valence-electron chi connectivity index (χ1n) is 6.13. The normalized spacial score (nSPS) is 12.5. The van der Waals surface area contributed by atoms with Crippen molar-refractivity contribution in [3.63, 3.8) is 0 Å². The lowest BCUT2D eigenvalue weighted by Crippen LogP contribution is -2.03. The molecule has 0 aliphatic heterocycles. The van der Waals surface area contributed by atoms with E-state index in [0.29, 0.717) is 12.0 Å². The quantitative estimate of drug-likeness (QED) is 0.686. The van der Waals surface area contributed by atoms with Gasteiger partial charge in [0.1, 0.15) is 11.6 Å². The third-order valence-corrected chi connectivity index (χ3v) is 3.60. The van der Waals surface area contributed by atoms with E-state index in [9.17, 15) is 8.78 Å². The predicted molar refractivity (Wildman–Crippen MR) is 74.6 cm³/mol. The highest BCUT2D eigenvalue weighted by molar-refractivity contribution is 6.21. The third-order valence-electron chi connectivity index (χ3n) is 3.23. The van der Waals surface area contributed by atoms with Crippen molar-refractivity contribution in [3.8, 4) is 0 Å². The molecule has 2 aromatic rings. The summed E-state index contributed by atoms with van der Waals surface area (Å²) in [5.41, 5.74) is 3.06. The van der Waals surface area contributed by atoms with Crippen molar-refractivity contribution < 1.29 is 8.78 Å². The number of hydrogen-bond donors (Lipinski definition) is 0. The number of benzene rings is 2. The number of rotatable bonds is 3. The van der Waals surface area contributed by atoms with Gasteiger partial charge in [-0.15, -0.1) is 11.6 Å². The van der Waals surface area contributed by atoms with Crippen LogP contribution in [0, 0.1) is 25.5 Å². The van der Waals surface area contributed by atoms with Gasteiger partial charge in [0.2, 0.25) is 0 Å². The van der Waals surface area contributed by atoms with E-state index in [-0.39, 0.29) is 17.0 Å². The first kappa shape index (κ1) is 14.0. The van der Waals surface area contributed by atoms with Gasteiger partial charge in [0.15, 0.2) is 0 Å². The van der Waals surface area contributed by atoms with Gasteiger partial charge in [0.25, 0.3) is 0 Å². The van der Waals surface area contributed by atoms with Crippen LogP contribution in [-0.2, 0) is 6.42 Å². The average molecular weight is 281 g/mol. The summed E-state index contributed by atoms with van der Waals surface area (Å²) in [5.74, 6) is -0.529. The lowest BCUT2D eigenvalue weighted by atomic mass is 9.95. The molecule has 0 saturated heterocycles. The van der Waals surface area contributed by atoms with E-state index in [0.717, 1.165) is 16.7 Å². The second-order valence-corrected chi connectivity index (χ2v) is 5.24. The molecule has 0 N–H and O–H groups in total. The molecule has 0 radical (unpaired) electrons. The molecule has 0 spiro atoms. The van der Waals surface area contributed by atoms with Crippen LogP contribution in [0.15, 0.2) is 36.4 Å². The van der Waals surface area contributed by atoms with Crippen LogP contribution in [0.2, 0.25) is 0 Å². The summed E-state index contributed by atoms with van der Waals surface area (Å²) in [6.45, 7) is 3.64. The first-order valence-corrected chi connectivity index (χ1v) is 6.57. The third kappa shape index (κ3) is 3.13. The summed E-state index contributed by atoms with van der Waals surface area (Å²) in [4.78, 5) is 0. The van der Waals surface area contributed by atoms with Crippen molar-refractivity contribution in [1.29, 1.82) is 0 Å².